The monoisotopic (exact) mass is 434 g/mol. The molecule has 0 fully saturated rings. The van der Waals surface area contributed by atoms with Gasteiger partial charge in [-0.25, -0.2) is 0 Å². The van der Waals surface area contributed by atoms with Crippen molar-refractivity contribution in [2.24, 2.45) is 17.3 Å². The summed E-state index contributed by atoms with van der Waals surface area (Å²) in [6.45, 7) is 9.80. The summed E-state index contributed by atoms with van der Waals surface area (Å²) in [5, 5.41) is 20.0. The zero-order chi connectivity index (χ0) is 23.0. The van der Waals surface area contributed by atoms with Gasteiger partial charge in [-0.15, -0.1) is 0 Å². The molecule has 0 amide bonds. The molecule has 0 spiro atoms. The largest absolute Gasteiger partial charge is 0.376 e. The van der Waals surface area contributed by atoms with E-state index in [0.29, 0.717) is 30.3 Å². The molecule has 180 valence electrons. The minimum absolute atomic E-state index is 0.0117. The first-order valence-corrected chi connectivity index (χ1v) is 12.8. The molecule has 2 N–H and O–H groups in total. The number of allylic oxidation sites excluding steroid dienone is 6. The lowest BCUT2D eigenvalue weighted by molar-refractivity contribution is -0.202. The van der Waals surface area contributed by atoms with Crippen molar-refractivity contribution in [2.45, 2.75) is 111 Å². The first-order valence-electron chi connectivity index (χ1n) is 12.8. The highest BCUT2D eigenvalue weighted by atomic mass is 16.6. The van der Waals surface area contributed by atoms with Crippen LogP contribution in [0.1, 0.15) is 105 Å². The van der Waals surface area contributed by atoms with Gasteiger partial charge in [-0.1, -0.05) is 83.4 Å². The van der Waals surface area contributed by atoms with Gasteiger partial charge < -0.3 is 14.9 Å². The van der Waals surface area contributed by atoms with Crippen LogP contribution in [-0.4, -0.2) is 29.2 Å². The third-order valence-electron chi connectivity index (χ3n) is 6.39. The standard InChI is InChI=1S/C28H50O3/c1-5-7-14-23-31-24-28(29,30)22-12-9-8-10-16-25-18-15-19-26(25)17-11-13-21-27(3,4)20-6-2/h8,10-11,15,17,19,25-26,29-30H,5-7,9,12-14,16,18,20-24H2,1-4H3/b10-8-,17-11+/t25-,26-/m0/s1. The van der Waals surface area contributed by atoms with Gasteiger partial charge in [-0.2, -0.15) is 0 Å². The highest BCUT2D eigenvalue weighted by Gasteiger charge is 2.22. The first kappa shape index (κ1) is 28.1. The summed E-state index contributed by atoms with van der Waals surface area (Å²) < 4.78 is 5.40. The van der Waals surface area contributed by atoms with Crippen molar-refractivity contribution in [2.75, 3.05) is 13.2 Å². The van der Waals surface area contributed by atoms with E-state index in [9.17, 15) is 10.2 Å². The van der Waals surface area contributed by atoms with Crippen molar-refractivity contribution < 1.29 is 14.9 Å². The van der Waals surface area contributed by atoms with Crippen LogP contribution >= 0.6 is 0 Å². The predicted octanol–water partition coefficient (Wildman–Crippen LogP) is 7.35. The van der Waals surface area contributed by atoms with Gasteiger partial charge in [0.2, 0.25) is 0 Å². The summed E-state index contributed by atoms with van der Waals surface area (Å²) >= 11 is 0. The van der Waals surface area contributed by atoms with Crippen LogP contribution in [-0.2, 0) is 4.74 Å². The summed E-state index contributed by atoms with van der Waals surface area (Å²) in [5.41, 5.74) is 0.453. The SMILES string of the molecule is CCCCCOCC(O)(O)CCC/C=C\C[C@H]1CC=C[C@@H]1/C=C/CCC(C)(C)CCC. The van der Waals surface area contributed by atoms with Crippen LogP contribution in [0, 0.1) is 17.3 Å². The molecule has 3 heteroatoms. The number of hydrogen-bond acceptors (Lipinski definition) is 3. The average Bonchev–Trinajstić information content (AvgIpc) is 3.15. The van der Waals surface area contributed by atoms with Gasteiger partial charge in [0.25, 0.3) is 0 Å². The van der Waals surface area contributed by atoms with E-state index in [2.05, 4.69) is 64.2 Å². The van der Waals surface area contributed by atoms with Crippen LogP contribution in [0.15, 0.2) is 36.5 Å². The van der Waals surface area contributed by atoms with Gasteiger partial charge in [-0.05, 0) is 68.6 Å². The number of rotatable bonds is 18. The Kier molecular flexibility index (Phi) is 14.4. The Morgan fingerprint density at radius 2 is 1.74 bits per heavy atom. The fourth-order valence-electron chi connectivity index (χ4n) is 4.38. The maximum atomic E-state index is 10.0. The van der Waals surface area contributed by atoms with Crippen molar-refractivity contribution in [3.63, 3.8) is 0 Å². The van der Waals surface area contributed by atoms with Crippen LogP contribution < -0.4 is 0 Å². The van der Waals surface area contributed by atoms with E-state index in [4.69, 9.17) is 4.74 Å². The Balaban J connectivity index is 2.20. The molecule has 0 aliphatic heterocycles. The smallest absolute Gasteiger partial charge is 0.186 e. The molecule has 0 aromatic carbocycles. The molecule has 0 saturated heterocycles. The second-order valence-corrected chi connectivity index (χ2v) is 10.2. The van der Waals surface area contributed by atoms with E-state index in [0.717, 1.165) is 44.9 Å². The van der Waals surface area contributed by atoms with Crippen molar-refractivity contribution in [3.8, 4) is 0 Å². The molecule has 0 radical (unpaired) electrons. The summed E-state index contributed by atoms with van der Waals surface area (Å²) in [4.78, 5) is 0. The van der Waals surface area contributed by atoms with Crippen molar-refractivity contribution >= 4 is 0 Å². The highest BCUT2D eigenvalue weighted by Crippen LogP contribution is 2.31. The number of hydrogen-bond donors (Lipinski definition) is 2. The van der Waals surface area contributed by atoms with E-state index in [1.165, 1.54) is 25.7 Å². The molecule has 0 unspecified atom stereocenters. The van der Waals surface area contributed by atoms with Crippen molar-refractivity contribution in [1.82, 2.24) is 0 Å². The molecule has 1 rings (SSSR count). The fourth-order valence-corrected chi connectivity index (χ4v) is 4.38. The molecule has 0 aromatic rings. The minimum atomic E-state index is -1.70. The molecule has 1 aliphatic carbocycles. The Bertz CT molecular complexity index is 530. The lowest BCUT2D eigenvalue weighted by atomic mass is 9.83. The minimum Gasteiger partial charge on any atom is -0.376 e. The fraction of sp³-hybridized carbons (Fsp3) is 0.786. The molecule has 0 aromatic heterocycles. The summed E-state index contributed by atoms with van der Waals surface area (Å²) in [7, 11) is 0. The van der Waals surface area contributed by atoms with E-state index in [1.807, 2.05) is 0 Å². The molecular formula is C28H50O3. The lowest BCUT2D eigenvalue weighted by Gasteiger charge is -2.23. The van der Waals surface area contributed by atoms with Crippen molar-refractivity contribution in [3.05, 3.63) is 36.5 Å². The van der Waals surface area contributed by atoms with Crippen LogP contribution in [0.5, 0.6) is 0 Å². The Hall–Kier alpha value is -0.900. The summed E-state index contributed by atoms with van der Waals surface area (Å²) in [6.07, 6.45) is 26.5. The Labute approximate surface area is 192 Å². The maximum absolute atomic E-state index is 10.0. The molecule has 0 bridgehead atoms. The molecule has 0 saturated carbocycles. The molecular weight excluding hydrogens is 384 g/mol. The molecule has 3 nitrogen and oxygen atoms in total. The second kappa shape index (κ2) is 15.8. The maximum Gasteiger partial charge on any atom is 0.186 e. The van der Waals surface area contributed by atoms with Gasteiger partial charge in [0.15, 0.2) is 5.79 Å². The van der Waals surface area contributed by atoms with Gasteiger partial charge in [0, 0.05) is 13.0 Å². The van der Waals surface area contributed by atoms with E-state index in [1.54, 1.807) is 0 Å². The van der Waals surface area contributed by atoms with Gasteiger partial charge in [0.05, 0.1) is 0 Å². The van der Waals surface area contributed by atoms with Crippen molar-refractivity contribution in [1.29, 1.82) is 0 Å². The summed E-state index contributed by atoms with van der Waals surface area (Å²) in [5.74, 6) is -0.467. The number of ether oxygens (including phenoxy) is 1. The molecule has 2 atom stereocenters. The third-order valence-corrected chi connectivity index (χ3v) is 6.39. The quantitative estimate of drug-likeness (QED) is 0.135. The van der Waals surface area contributed by atoms with Crippen LogP contribution in [0.3, 0.4) is 0 Å². The topological polar surface area (TPSA) is 49.7 Å². The first-order chi connectivity index (χ1) is 14.8. The van der Waals surface area contributed by atoms with Crippen LogP contribution in [0.2, 0.25) is 0 Å². The van der Waals surface area contributed by atoms with E-state index >= 15 is 0 Å². The zero-order valence-corrected chi connectivity index (χ0v) is 20.8. The van der Waals surface area contributed by atoms with Crippen LogP contribution in [0.4, 0.5) is 0 Å². The third kappa shape index (κ3) is 14.0. The normalized spacial score (nSPS) is 19.9. The predicted molar refractivity (Wildman–Crippen MR) is 133 cm³/mol. The average molecular weight is 435 g/mol. The second-order valence-electron chi connectivity index (χ2n) is 10.2. The van der Waals surface area contributed by atoms with E-state index in [-0.39, 0.29) is 6.61 Å². The molecule has 31 heavy (non-hydrogen) atoms. The van der Waals surface area contributed by atoms with Crippen LogP contribution in [0.25, 0.3) is 0 Å². The van der Waals surface area contributed by atoms with Gasteiger partial charge in [-0.3, -0.25) is 0 Å². The Morgan fingerprint density at radius 3 is 2.48 bits per heavy atom. The number of unbranched alkanes of at least 4 members (excludes halogenated alkanes) is 3. The molecule has 1 aliphatic rings. The Morgan fingerprint density at radius 1 is 0.935 bits per heavy atom. The molecule has 0 heterocycles. The highest BCUT2D eigenvalue weighted by molar-refractivity contribution is 5.11. The number of aliphatic hydroxyl groups is 2. The van der Waals surface area contributed by atoms with Gasteiger partial charge >= 0.3 is 0 Å². The van der Waals surface area contributed by atoms with Gasteiger partial charge in [0.1, 0.15) is 6.61 Å². The summed E-state index contributed by atoms with van der Waals surface area (Å²) in [6, 6.07) is 0. The zero-order valence-electron chi connectivity index (χ0n) is 20.8. The van der Waals surface area contributed by atoms with E-state index < -0.39 is 5.79 Å². The lowest BCUT2D eigenvalue weighted by Crippen LogP contribution is -2.34.